The molecule has 2 aliphatic heterocycles. The first-order valence-electron chi connectivity index (χ1n) is 9.92. The SMILES string of the molecule is O=c1[nH]c(=O)n([C@H]2C[C@H](O)[C@@H](CO)O2)cc1Br.O=c1ccn([C@@]2(Br)C[C@H](O)[C@@H](CO)O2)c(=O)[nH]1. The van der Waals surface area contributed by atoms with E-state index in [9.17, 15) is 29.4 Å². The highest BCUT2D eigenvalue weighted by molar-refractivity contribution is 9.10. The summed E-state index contributed by atoms with van der Waals surface area (Å²) in [6, 6.07) is 1.17. The molecule has 0 bridgehead atoms. The summed E-state index contributed by atoms with van der Waals surface area (Å²) in [7, 11) is 0. The fourth-order valence-electron chi connectivity index (χ4n) is 3.47. The maximum atomic E-state index is 11.6. The minimum atomic E-state index is -1.25. The van der Waals surface area contributed by atoms with E-state index in [1.165, 1.54) is 23.0 Å². The number of alkyl halides is 1. The Morgan fingerprint density at radius 2 is 1.74 bits per heavy atom. The van der Waals surface area contributed by atoms with Gasteiger partial charge in [0.25, 0.3) is 11.1 Å². The van der Waals surface area contributed by atoms with Gasteiger partial charge in [-0.15, -0.1) is 0 Å². The third-order valence-corrected chi connectivity index (χ3v) is 6.66. The minimum absolute atomic E-state index is 0.0875. The number of aromatic nitrogens is 4. The topological polar surface area (TPSA) is 209 Å². The summed E-state index contributed by atoms with van der Waals surface area (Å²) in [4.78, 5) is 49.4. The van der Waals surface area contributed by atoms with Gasteiger partial charge in [0, 0.05) is 31.3 Å². The van der Waals surface area contributed by atoms with Crippen LogP contribution < -0.4 is 22.5 Å². The molecule has 0 amide bonds. The molecule has 2 saturated heterocycles. The second-order valence-corrected chi connectivity index (χ2v) is 9.63. The molecule has 0 aromatic carbocycles. The predicted molar refractivity (Wildman–Crippen MR) is 121 cm³/mol. The van der Waals surface area contributed by atoms with Crippen LogP contribution >= 0.6 is 31.9 Å². The van der Waals surface area contributed by atoms with Crippen molar-refractivity contribution in [3.8, 4) is 0 Å². The van der Waals surface area contributed by atoms with Crippen molar-refractivity contribution in [1.82, 2.24) is 19.1 Å². The Balaban J connectivity index is 0.000000191. The van der Waals surface area contributed by atoms with Gasteiger partial charge in [-0.25, -0.2) is 9.59 Å². The molecule has 188 valence electrons. The van der Waals surface area contributed by atoms with Crippen LogP contribution in [-0.2, 0) is 14.1 Å². The van der Waals surface area contributed by atoms with E-state index in [0.29, 0.717) is 0 Å². The molecule has 2 aromatic rings. The molecule has 0 unspecified atom stereocenters. The summed E-state index contributed by atoms with van der Waals surface area (Å²) < 4.78 is 11.9. The van der Waals surface area contributed by atoms with Crippen LogP contribution in [0.5, 0.6) is 0 Å². The Kier molecular flexibility index (Phi) is 8.46. The number of aromatic amines is 2. The summed E-state index contributed by atoms with van der Waals surface area (Å²) in [5.41, 5.74) is -2.31. The van der Waals surface area contributed by atoms with Crippen molar-refractivity contribution in [2.75, 3.05) is 13.2 Å². The number of aliphatic hydroxyl groups excluding tert-OH is 4. The Morgan fingerprint density at radius 3 is 2.29 bits per heavy atom. The molecule has 4 heterocycles. The van der Waals surface area contributed by atoms with Crippen molar-refractivity contribution in [3.05, 3.63) is 64.6 Å². The molecule has 2 aliphatic rings. The summed E-state index contributed by atoms with van der Waals surface area (Å²) in [6.07, 6.45) is -1.05. The number of hydrogen-bond donors (Lipinski definition) is 6. The van der Waals surface area contributed by atoms with Crippen LogP contribution in [-0.4, -0.2) is 77.2 Å². The Bertz CT molecular complexity index is 1240. The zero-order chi connectivity index (χ0) is 25.2. The van der Waals surface area contributed by atoms with Gasteiger partial charge in [-0.1, -0.05) is 0 Å². The second kappa shape index (κ2) is 10.8. The first kappa shape index (κ1) is 26.7. The van der Waals surface area contributed by atoms with Gasteiger partial charge in [0.15, 0.2) is 0 Å². The zero-order valence-corrected chi connectivity index (χ0v) is 20.5. The minimum Gasteiger partial charge on any atom is -0.394 e. The highest BCUT2D eigenvalue weighted by Gasteiger charge is 2.46. The Hall–Kier alpha value is -1.92. The maximum Gasteiger partial charge on any atom is 0.331 e. The summed E-state index contributed by atoms with van der Waals surface area (Å²) in [5, 5.41) is 37.1. The van der Waals surface area contributed by atoms with Gasteiger partial charge >= 0.3 is 11.4 Å². The molecule has 16 heteroatoms. The normalized spacial score (nSPS) is 30.7. The van der Waals surface area contributed by atoms with Gasteiger partial charge in [0.2, 0.25) is 4.63 Å². The largest absolute Gasteiger partial charge is 0.394 e. The third-order valence-electron chi connectivity index (χ3n) is 5.20. The highest BCUT2D eigenvalue weighted by Crippen LogP contribution is 2.39. The molecule has 0 radical (unpaired) electrons. The average molecular weight is 614 g/mol. The smallest absolute Gasteiger partial charge is 0.331 e. The van der Waals surface area contributed by atoms with Gasteiger partial charge in [-0.3, -0.25) is 28.7 Å². The first-order chi connectivity index (χ1) is 16.0. The fourth-order valence-corrected chi connectivity index (χ4v) is 4.64. The number of nitrogens with one attached hydrogen (secondary N) is 2. The first-order valence-corrected chi connectivity index (χ1v) is 11.5. The van der Waals surface area contributed by atoms with Gasteiger partial charge in [-0.2, -0.15) is 0 Å². The molecule has 14 nitrogen and oxygen atoms in total. The lowest BCUT2D eigenvalue weighted by atomic mass is 10.2. The highest BCUT2D eigenvalue weighted by atomic mass is 79.9. The van der Waals surface area contributed by atoms with E-state index in [2.05, 4.69) is 41.8 Å². The molecule has 6 atom stereocenters. The molecule has 34 heavy (non-hydrogen) atoms. The van der Waals surface area contributed by atoms with Gasteiger partial charge in [-0.05, 0) is 31.9 Å². The summed E-state index contributed by atoms with van der Waals surface area (Å²) >= 11 is 6.20. The zero-order valence-electron chi connectivity index (χ0n) is 17.3. The number of H-pyrrole nitrogens is 2. The number of aliphatic hydroxyl groups is 4. The molecular formula is C18H22Br2N4O10. The lowest BCUT2D eigenvalue weighted by Gasteiger charge is -2.23. The molecule has 4 rings (SSSR count). The van der Waals surface area contributed by atoms with Crippen LogP contribution in [0.2, 0.25) is 0 Å². The molecular weight excluding hydrogens is 592 g/mol. The Labute approximate surface area is 206 Å². The van der Waals surface area contributed by atoms with E-state index in [1.807, 2.05) is 0 Å². The number of halogens is 2. The quantitative estimate of drug-likeness (QED) is 0.202. The van der Waals surface area contributed by atoms with E-state index in [-0.39, 0.29) is 30.5 Å². The van der Waals surface area contributed by atoms with Crippen molar-refractivity contribution in [1.29, 1.82) is 0 Å². The number of ether oxygens (including phenoxy) is 2. The molecule has 0 spiro atoms. The Morgan fingerprint density at radius 1 is 1.06 bits per heavy atom. The summed E-state index contributed by atoms with van der Waals surface area (Å²) in [6.45, 7) is -0.677. The van der Waals surface area contributed by atoms with Crippen molar-refractivity contribution in [2.45, 2.75) is 48.1 Å². The number of hydrogen-bond acceptors (Lipinski definition) is 10. The van der Waals surface area contributed by atoms with Crippen molar-refractivity contribution in [3.63, 3.8) is 0 Å². The van der Waals surface area contributed by atoms with Crippen LogP contribution in [0.1, 0.15) is 19.1 Å². The van der Waals surface area contributed by atoms with Gasteiger partial charge in [0.1, 0.15) is 18.4 Å². The van der Waals surface area contributed by atoms with Crippen molar-refractivity contribution in [2.24, 2.45) is 0 Å². The standard InChI is InChI=1S/2C9H11BrN2O5/c10-4-2-12(9(16)11-8(4)15)7-1-5(14)6(3-13)17-7;10-9(3-5(14)6(4-13)17-9)12-2-1-7(15)11-8(12)16/h2,5-7,13-14H,1,3H2,(H,11,15,16);1-2,5-6,13-14H,3-4H2,(H,11,15,16)/t5-,6+,7+;5-,6+,9-/m00/s1. The van der Waals surface area contributed by atoms with E-state index < -0.39 is 57.8 Å². The van der Waals surface area contributed by atoms with Gasteiger partial charge in [0.05, 0.1) is 29.9 Å². The molecule has 2 fully saturated rings. The lowest BCUT2D eigenvalue weighted by Crippen LogP contribution is -2.40. The van der Waals surface area contributed by atoms with Crippen LogP contribution in [0.25, 0.3) is 0 Å². The molecule has 0 saturated carbocycles. The fraction of sp³-hybridized carbons (Fsp3) is 0.556. The van der Waals surface area contributed by atoms with E-state index in [1.54, 1.807) is 0 Å². The van der Waals surface area contributed by atoms with Crippen LogP contribution in [0, 0.1) is 0 Å². The third kappa shape index (κ3) is 5.65. The van der Waals surface area contributed by atoms with Gasteiger partial charge < -0.3 is 29.9 Å². The second-order valence-electron chi connectivity index (χ2n) is 7.54. The predicted octanol–water partition coefficient (Wildman–Crippen LogP) is -2.38. The maximum absolute atomic E-state index is 11.6. The number of rotatable bonds is 4. The number of nitrogens with zero attached hydrogens (tertiary/aromatic N) is 2. The van der Waals surface area contributed by atoms with E-state index >= 15 is 0 Å². The summed E-state index contributed by atoms with van der Waals surface area (Å²) in [5.74, 6) is 0. The lowest BCUT2D eigenvalue weighted by molar-refractivity contribution is -0.0608. The monoisotopic (exact) mass is 612 g/mol. The van der Waals surface area contributed by atoms with Crippen LogP contribution in [0.15, 0.2) is 42.1 Å². The van der Waals surface area contributed by atoms with Crippen molar-refractivity contribution >= 4 is 31.9 Å². The van der Waals surface area contributed by atoms with E-state index in [4.69, 9.17) is 19.7 Å². The molecule has 2 aromatic heterocycles. The van der Waals surface area contributed by atoms with E-state index in [0.717, 1.165) is 4.57 Å². The average Bonchev–Trinajstić information content (AvgIpc) is 3.29. The molecule has 0 aliphatic carbocycles. The molecule has 6 N–H and O–H groups in total. The van der Waals surface area contributed by atoms with Crippen molar-refractivity contribution < 1.29 is 29.9 Å². The van der Waals surface area contributed by atoms with Crippen LogP contribution in [0.4, 0.5) is 0 Å². The van der Waals surface area contributed by atoms with Crippen LogP contribution in [0.3, 0.4) is 0 Å².